The summed E-state index contributed by atoms with van der Waals surface area (Å²) in [4.78, 5) is 10.8. The van der Waals surface area contributed by atoms with Crippen LogP contribution >= 0.6 is 11.8 Å². The Balaban J connectivity index is 7.53. The molecule has 0 spiro atoms. The fourth-order valence-corrected chi connectivity index (χ4v) is 15.6. The predicted molar refractivity (Wildman–Crippen MR) is 182 cm³/mol. The van der Waals surface area contributed by atoms with Crippen LogP contribution in [-0.4, -0.2) is 125 Å². The Bertz CT molecular complexity index is 581. The molecule has 6 nitrogen and oxygen atoms in total. The smallest absolute Gasteiger partial charge is 0.187 e. The highest BCUT2D eigenvalue weighted by atomic mass is 32.2. The van der Waals surface area contributed by atoms with Gasteiger partial charge in [-0.25, -0.2) is 0 Å². The fraction of sp³-hybridized carbons (Fsp3) is 1.00. The van der Waals surface area contributed by atoms with Gasteiger partial charge in [-0.1, -0.05) is 55.4 Å². The average Bonchev–Trinajstić information content (AvgIpc) is 2.88. The topological polar surface area (TPSA) is 31.4 Å². The molecule has 0 fully saturated rings. The lowest BCUT2D eigenvalue weighted by molar-refractivity contribution is 0.0244. The molecule has 0 amide bonds. The zero-order valence-electron chi connectivity index (χ0n) is 29.2. The van der Waals surface area contributed by atoms with Crippen LogP contribution in [0.3, 0.4) is 0 Å². The third-order valence-electron chi connectivity index (χ3n) is 8.85. The molecule has 0 aliphatic rings. The highest BCUT2D eigenvalue weighted by Gasteiger charge is 2.54. The third kappa shape index (κ3) is 11.0. The van der Waals surface area contributed by atoms with Crippen LogP contribution in [-0.2, 0) is 8.85 Å². The lowest BCUT2D eigenvalue weighted by Gasteiger charge is -2.57. The molecule has 0 aliphatic carbocycles. The molecule has 2 atom stereocenters. The first kappa shape index (κ1) is 39.5. The van der Waals surface area contributed by atoms with Gasteiger partial charge in [0, 0.05) is 23.7 Å². The van der Waals surface area contributed by atoms with Crippen molar-refractivity contribution in [2.75, 3.05) is 66.6 Å². The Morgan fingerprint density at radius 1 is 0.513 bits per heavy atom. The molecule has 0 aromatic heterocycles. The molecule has 0 saturated heterocycles. The molecule has 0 aliphatic heterocycles. The molecule has 9 heteroatoms. The summed E-state index contributed by atoms with van der Waals surface area (Å²) < 4.78 is 12.5. The summed E-state index contributed by atoms with van der Waals surface area (Å²) in [5, 5.41) is 0. The van der Waals surface area contributed by atoms with E-state index in [0.717, 1.165) is 64.4 Å². The maximum Gasteiger partial charge on any atom is 0.187 e. The summed E-state index contributed by atoms with van der Waals surface area (Å²) in [7, 11) is 0.0235. The molecule has 0 saturated carbocycles. The van der Waals surface area contributed by atoms with Crippen molar-refractivity contribution >= 4 is 28.4 Å². The molecule has 0 bridgehead atoms. The standard InChI is InChI=1S/C30H70N4O2SSi2/c1-17-31(18-2)27(32(19-3)20-4)29(9,25-38(13,14)35-11)37-30(10,26-39(15,16)36-12)28(33(21-5)22-6)34(23-7)24-8/h27-28H,17-26H2,1-16H3. The van der Waals surface area contributed by atoms with Gasteiger partial charge in [-0.05, 0) is 104 Å². The Morgan fingerprint density at radius 3 is 0.872 bits per heavy atom. The second-order valence-electron chi connectivity index (χ2n) is 12.6. The van der Waals surface area contributed by atoms with Crippen molar-refractivity contribution in [1.82, 2.24) is 19.6 Å². The molecule has 39 heavy (non-hydrogen) atoms. The van der Waals surface area contributed by atoms with Crippen LogP contribution in [0.2, 0.25) is 38.3 Å². The fourth-order valence-electron chi connectivity index (χ4n) is 7.01. The van der Waals surface area contributed by atoms with Crippen LogP contribution in [0.15, 0.2) is 0 Å². The van der Waals surface area contributed by atoms with Crippen LogP contribution in [0, 0.1) is 0 Å². The van der Waals surface area contributed by atoms with Gasteiger partial charge in [0.25, 0.3) is 0 Å². The van der Waals surface area contributed by atoms with Gasteiger partial charge in [0.05, 0.1) is 12.3 Å². The first-order valence-electron chi connectivity index (χ1n) is 15.8. The van der Waals surface area contributed by atoms with Gasteiger partial charge in [0.2, 0.25) is 0 Å². The third-order valence-corrected chi connectivity index (χ3v) is 16.4. The molecule has 0 rings (SSSR count). The Morgan fingerprint density at radius 2 is 0.718 bits per heavy atom. The highest BCUT2D eigenvalue weighted by molar-refractivity contribution is 8.02. The molecule has 0 aromatic carbocycles. The maximum absolute atomic E-state index is 6.31. The van der Waals surface area contributed by atoms with Crippen molar-refractivity contribution in [2.24, 2.45) is 0 Å². The predicted octanol–water partition coefficient (Wildman–Crippen LogP) is 6.96. The molecule has 0 heterocycles. The van der Waals surface area contributed by atoms with Gasteiger partial charge in [0.1, 0.15) is 0 Å². The van der Waals surface area contributed by atoms with Gasteiger partial charge >= 0.3 is 0 Å². The van der Waals surface area contributed by atoms with Crippen molar-refractivity contribution < 1.29 is 8.85 Å². The van der Waals surface area contributed by atoms with Crippen molar-refractivity contribution in [2.45, 2.75) is 129 Å². The number of thioether (sulfide) groups is 1. The minimum absolute atomic E-state index is 0.0324. The van der Waals surface area contributed by atoms with Crippen LogP contribution < -0.4 is 0 Å². The first-order chi connectivity index (χ1) is 18.1. The largest absolute Gasteiger partial charge is 0.420 e. The van der Waals surface area contributed by atoms with E-state index in [0.29, 0.717) is 12.3 Å². The van der Waals surface area contributed by atoms with E-state index in [1.807, 2.05) is 14.2 Å². The number of hydrogen-bond acceptors (Lipinski definition) is 7. The van der Waals surface area contributed by atoms with E-state index in [4.69, 9.17) is 8.85 Å². The summed E-state index contributed by atoms with van der Waals surface area (Å²) in [6.45, 7) is 41.8. The zero-order chi connectivity index (χ0) is 30.7. The molecular formula is C30H70N4O2SSi2. The lowest BCUT2D eigenvalue weighted by atomic mass is 10.0. The van der Waals surface area contributed by atoms with Crippen LogP contribution in [0.1, 0.15) is 69.2 Å². The lowest BCUT2D eigenvalue weighted by Crippen LogP contribution is -2.66. The molecule has 0 aromatic rings. The molecule has 236 valence electrons. The monoisotopic (exact) mass is 606 g/mol. The molecule has 2 unspecified atom stereocenters. The van der Waals surface area contributed by atoms with Crippen LogP contribution in [0.5, 0.6) is 0 Å². The second-order valence-corrected chi connectivity index (χ2v) is 23.3. The maximum atomic E-state index is 6.31. The minimum Gasteiger partial charge on any atom is -0.420 e. The first-order valence-corrected chi connectivity index (χ1v) is 22.9. The van der Waals surface area contributed by atoms with Gasteiger partial charge in [0.15, 0.2) is 16.6 Å². The van der Waals surface area contributed by atoms with Gasteiger partial charge < -0.3 is 8.85 Å². The quantitative estimate of drug-likeness (QED) is 0.0973. The summed E-state index contributed by atoms with van der Waals surface area (Å²) in [5.41, 5.74) is 0. The van der Waals surface area contributed by atoms with Crippen molar-refractivity contribution in [3.8, 4) is 0 Å². The Hall–Kier alpha value is 0.544. The Labute approximate surface area is 252 Å². The molecule has 0 N–H and O–H groups in total. The molecular weight excluding hydrogens is 537 g/mol. The van der Waals surface area contributed by atoms with Crippen molar-refractivity contribution in [3.05, 3.63) is 0 Å². The van der Waals surface area contributed by atoms with E-state index in [9.17, 15) is 0 Å². The average molecular weight is 607 g/mol. The number of rotatable bonds is 22. The van der Waals surface area contributed by atoms with E-state index < -0.39 is 16.6 Å². The van der Waals surface area contributed by atoms with E-state index >= 15 is 0 Å². The van der Waals surface area contributed by atoms with E-state index in [2.05, 4.69) is 127 Å². The van der Waals surface area contributed by atoms with Gasteiger partial charge in [-0.2, -0.15) is 0 Å². The van der Waals surface area contributed by atoms with Gasteiger partial charge in [-0.15, -0.1) is 11.8 Å². The minimum atomic E-state index is -1.93. The summed E-state index contributed by atoms with van der Waals surface area (Å²) in [6.07, 6.45) is 0.658. The normalized spacial score (nSPS) is 16.8. The van der Waals surface area contributed by atoms with E-state index in [1.54, 1.807) is 0 Å². The SMILES string of the molecule is CCN(CC)C(N(CC)CC)C(C)(C[Si](C)(C)OC)SC(C)(C[Si](C)(C)OC)C(N(CC)CC)N(CC)CC. The van der Waals surface area contributed by atoms with Crippen molar-refractivity contribution in [1.29, 1.82) is 0 Å². The number of hydrogen-bond donors (Lipinski definition) is 0. The van der Waals surface area contributed by atoms with Crippen LogP contribution in [0.4, 0.5) is 0 Å². The second kappa shape index (κ2) is 17.6. The highest BCUT2D eigenvalue weighted by Crippen LogP contribution is 2.52. The van der Waals surface area contributed by atoms with Crippen molar-refractivity contribution in [3.63, 3.8) is 0 Å². The molecule has 0 radical (unpaired) electrons. The summed E-state index contributed by atoms with van der Waals surface area (Å²) >= 11 is 2.27. The Kier molecular flexibility index (Phi) is 17.9. The summed E-state index contributed by atoms with van der Waals surface area (Å²) in [6, 6.07) is 2.21. The zero-order valence-corrected chi connectivity index (χ0v) is 32.1. The van der Waals surface area contributed by atoms with Crippen LogP contribution in [0.25, 0.3) is 0 Å². The number of nitrogens with zero attached hydrogens (tertiary/aromatic N) is 4. The van der Waals surface area contributed by atoms with E-state index in [-0.39, 0.29) is 9.49 Å². The van der Waals surface area contributed by atoms with Gasteiger partial charge in [-0.3, -0.25) is 19.6 Å². The summed E-state index contributed by atoms with van der Waals surface area (Å²) in [5.74, 6) is 0. The van der Waals surface area contributed by atoms with E-state index in [1.165, 1.54) is 0 Å².